The van der Waals surface area contributed by atoms with Crippen molar-refractivity contribution in [1.82, 2.24) is 0 Å². The van der Waals surface area contributed by atoms with Gasteiger partial charge < -0.3 is 0 Å². The van der Waals surface area contributed by atoms with Gasteiger partial charge in [0.15, 0.2) is 0 Å². The normalized spacial score (nSPS) is 9.40. The monoisotopic (exact) mass is 332 g/mol. The Morgan fingerprint density at radius 2 is 1.90 bits per heavy atom. The van der Waals surface area contributed by atoms with Gasteiger partial charge in [-0.1, -0.05) is 0 Å². The second-order valence-corrected chi connectivity index (χ2v) is 4.59. The molecule has 0 saturated heterocycles. The van der Waals surface area contributed by atoms with Gasteiger partial charge in [-0.25, -0.2) is 0 Å². The molecule has 0 aliphatic rings. The second kappa shape index (κ2) is 3.92. The van der Waals surface area contributed by atoms with Gasteiger partial charge in [-0.2, -0.15) is 0 Å². The summed E-state index contributed by atoms with van der Waals surface area (Å²) in [6.45, 7) is 2.75. The first-order valence-corrected chi connectivity index (χ1v) is 5.55. The average Bonchev–Trinajstić information content (AvgIpc) is 1.95. The van der Waals surface area contributed by atoms with Crippen LogP contribution in [0.4, 0.5) is 0 Å². The third-order valence-corrected chi connectivity index (χ3v) is 2.69. The van der Waals surface area contributed by atoms with Crippen molar-refractivity contribution in [2.24, 2.45) is 0 Å². The van der Waals surface area contributed by atoms with Crippen molar-refractivity contribution in [2.45, 2.75) is 6.92 Å². The molecule has 0 saturated carbocycles. The summed E-state index contributed by atoms with van der Waals surface area (Å²) in [6.07, 6.45) is 0. The van der Waals surface area contributed by atoms with Gasteiger partial charge in [0.1, 0.15) is 0 Å². The van der Waals surface area contributed by atoms with E-state index in [9.17, 15) is 0 Å². The zero-order chi connectivity index (χ0) is 7.40. The molecule has 0 atom stereocenters. The van der Waals surface area contributed by atoms with Gasteiger partial charge in [0.05, 0.1) is 0 Å². The topological polar surface area (TPSA) is 9.23 Å². The maximum atomic E-state index is 5.28. The molecule has 2 heteroatoms. The van der Waals surface area contributed by atoms with Crippen LogP contribution in [0.15, 0.2) is 24.3 Å². The van der Waals surface area contributed by atoms with E-state index in [-0.39, 0.29) is 0 Å². The Kier molecular flexibility index (Phi) is 3.14. The number of benzene rings is 1. The molecule has 1 rings (SSSR count). The molecule has 0 fully saturated rings. The van der Waals surface area contributed by atoms with Gasteiger partial charge >= 0.3 is 76.3 Å². The molecule has 0 aliphatic heterocycles. The quantitative estimate of drug-likeness (QED) is 0.710. The van der Waals surface area contributed by atoms with E-state index in [0.29, 0.717) is 0 Å². The van der Waals surface area contributed by atoms with Crippen LogP contribution >= 0.6 is 0 Å². The first kappa shape index (κ1) is 8.00. The van der Waals surface area contributed by atoms with Gasteiger partial charge in [-0.05, 0) is 0 Å². The van der Waals surface area contributed by atoms with E-state index in [1.54, 1.807) is 0 Å². The van der Waals surface area contributed by atoms with Crippen LogP contribution in [0.5, 0.6) is 5.75 Å². The zero-order valence-electron chi connectivity index (χ0n) is 6.00. The fourth-order valence-electron chi connectivity index (χ4n) is 0.731. The van der Waals surface area contributed by atoms with E-state index >= 15 is 0 Å². The Labute approximate surface area is 76.2 Å². The molecule has 0 amide bonds. The average molecular weight is 332 g/mol. The Morgan fingerprint density at radius 1 is 1.30 bits per heavy atom. The van der Waals surface area contributed by atoms with Gasteiger partial charge in [0, 0.05) is 0 Å². The summed E-state index contributed by atoms with van der Waals surface area (Å²) in [6, 6.07) is 8.29. The van der Waals surface area contributed by atoms with E-state index in [2.05, 4.69) is 12.1 Å². The summed E-state index contributed by atoms with van der Waals surface area (Å²) in [7, 11) is 0. The molecule has 10 heavy (non-hydrogen) atoms. The van der Waals surface area contributed by atoms with E-state index < -0.39 is 0 Å². The van der Waals surface area contributed by atoms with Crippen LogP contribution in [-0.2, 0) is 0 Å². The van der Waals surface area contributed by atoms with Gasteiger partial charge in [0.25, 0.3) is 0 Å². The zero-order valence-corrected chi connectivity index (χ0v) is 10.5. The van der Waals surface area contributed by atoms with Crippen LogP contribution in [-0.4, -0.2) is 31.3 Å². The van der Waals surface area contributed by atoms with Gasteiger partial charge in [0.2, 0.25) is 0 Å². The van der Waals surface area contributed by atoms with Crippen molar-refractivity contribution < 1.29 is 4.74 Å². The van der Waals surface area contributed by atoms with Crippen molar-refractivity contribution in [2.75, 3.05) is 6.61 Å². The van der Waals surface area contributed by atoms with Gasteiger partial charge in [-0.3, -0.25) is 0 Å². The Morgan fingerprint density at radius 3 is 2.40 bits per heavy atom. The molecule has 0 radical (unpaired) electrons. The number of rotatable bonds is 2. The summed E-state index contributed by atoms with van der Waals surface area (Å²) >= 11 is 0.931. The molecule has 1 aromatic rings. The molecule has 0 N–H and O–H groups in total. The van der Waals surface area contributed by atoms with Crippen LogP contribution in [0, 0.1) is 0 Å². The number of hydrogen-bond donors (Lipinski definition) is 0. The molecule has 0 aliphatic carbocycles. The number of ether oxygens (including phenoxy) is 1. The fourth-order valence-corrected chi connectivity index (χ4v) is 1.48. The third kappa shape index (κ3) is 2.26. The third-order valence-electron chi connectivity index (χ3n) is 1.19. The molecule has 0 bridgehead atoms. The standard InChI is InChI=1S/C8H9O.Bi.2H/c1-2-9-8-6-4-3-5-7-8;;;/h4-7H,2H2,1H3;;;. The molecule has 1 aromatic carbocycles. The SMILES string of the molecule is CCOc1cc[c]([BiH2])cc1. The van der Waals surface area contributed by atoms with Crippen molar-refractivity contribution in [3.8, 4) is 5.75 Å². The van der Waals surface area contributed by atoms with E-state index in [1.807, 2.05) is 19.1 Å². The van der Waals surface area contributed by atoms with Crippen LogP contribution in [0.1, 0.15) is 6.92 Å². The molecule has 0 heterocycles. The predicted octanol–water partition coefficient (Wildman–Crippen LogP) is 0.344. The first-order chi connectivity index (χ1) is 4.83. The van der Waals surface area contributed by atoms with Crippen molar-refractivity contribution in [1.29, 1.82) is 0 Å². The van der Waals surface area contributed by atoms with E-state index in [4.69, 9.17) is 4.74 Å². The second-order valence-electron chi connectivity index (χ2n) is 2.00. The summed E-state index contributed by atoms with van der Waals surface area (Å²) in [4.78, 5) is 0. The summed E-state index contributed by atoms with van der Waals surface area (Å²) in [5.41, 5.74) is 0. The fraction of sp³-hybridized carbons (Fsp3) is 0.250. The Balaban J connectivity index is 2.69. The minimum absolute atomic E-state index is 0.753. The van der Waals surface area contributed by atoms with E-state index in [1.165, 1.54) is 3.27 Å². The van der Waals surface area contributed by atoms with Crippen molar-refractivity contribution >= 4 is 28.0 Å². The maximum absolute atomic E-state index is 5.28. The Hall–Kier alpha value is -0.0969. The van der Waals surface area contributed by atoms with Crippen LogP contribution in [0.25, 0.3) is 0 Å². The molecular formula is C8H11BiO. The molecule has 0 unspecified atom stereocenters. The number of hydrogen-bond acceptors (Lipinski definition) is 1. The van der Waals surface area contributed by atoms with Gasteiger partial charge in [-0.15, -0.1) is 0 Å². The summed E-state index contributed by atoms with van der Waals surface area (Å²) < 4.78 is 6.71. The van der Waals surface area contributed by atoms with Crippen molar-refractivity contribution in [3.05, 3.63) is 24.3 Å². The van der Waals surface area contributed by atoms with Crippen LogP contribution in [0.2, 0.25) is 0 Å². The molecule has 54 valence electrons. The minimum atomic E-state index is 0.753. The van der Waals surface area contributed by atoms with Crippen molar-refractivity contribution in [3.63, 3.8) is 0 Å². The Bertz CT molecular complexity index is 193. The first-order valence-electron chi connectivity index (χ1n) is 3.31. The predicted molar refractivity (Wildman–Crippen MR) is 45.8 cm³/mol. The molecule has 0 aromatic heterocycles. The van der Waals surface area contributed by atoms with E-state index in [0.717, 1.165) is 37.1 Å². The van der Waals surface area contributed by atoms with Crippen LogP contribution in [0.3, 0.4) is 0 Å². The van der Waals surface area contributed by atoms with Crippen LogP contribution < -0.4 is 8.01 Å². The summed E-state index contributed by atoms with van der Waals surface area (Å²) in [5, 5.41) is 0. The molecule has 1 nitrogen and oxygen atoms in total. The molecule has 0 spiro atoms. The molecular weight excluding hydrogens is 321 g/mol. The summed E-state index contributed by atoms with van der Waals surface area (Å²) in [5.74, 6) is 0.979.